The Labute approximate surface area is 153 Å². The summed E-state index contributed by atoms with van der Waals surface area (Å²) in [4.78, 5) is 0. The maximum atomic E-state index is 13.5. The number of halogens is 3. The number of aryl methyl sites for hydroxylation is 1. The van der Waals surface area contributed by atoms with Gasteiger partial charge in [0.05, 0.1) is 6.26 Å². The van der Waals surface area contributed by atoms with Gasteiger partial charge in [0.25, 0.3) is 8.32 Å². The van der Waals surface area contributed by atoms with Crippen LogP contribution in [0.2, 0.25) is 0 Å². The van der Waals surface area contributed by atoms with Crippen molar-refractivity contribution in [1.29, 1.82) is 0 Å². The van der Waals surface area contributed by atoms with E-state index in [1.807, 2.05) is 45.0 Å². The van der Waals surface area contributed by atoms with Crippen LogP contribution in [0.15, 0.2) is 52.7 Å². The molecule has 1 aromatic carbocycles. The minimum Gasteiger partial charge on any atom is -0.466 e. The molecule has 0 aliphatic rings. The van der Waals surface area contributed by atoms with Gasteiger partial charge in [-0.05, 0) is 56.5 Å². The molecule has 1 heterocycles. The predicted molar refractivity (Wildman–Crippen MR) is 100 cm³/mol. The van der Waals surface area contributed by atoms with E-state index in [4.69, 9.17) is 8.84 Å². The fourth-order valence-corrected chi connectivity index (χ4v) is 4.36. The van der Waals surface area contributed by atoms with Gasteiger partial charge in [0, 0.05) is 0 Å². The van der Waals surface area contributed by atoms with E-state index < -0.39 is 32.8 Å². The molecule has 0 bridgehead atoms. The summed E-state index contributed by atoms with van der Waals surface area (Å²) in [5, 5.41) is 0. The summed E-state index contributed by atoms with van der Waals surface area (Å²) in [6.45, 7) is 7.41. The van der Waals surface area contributed by atoms with Gasteiger partial charge >= 0.3 is 0 Å². The second kappa shape index (κ2) is 8.27. The van der Waals surface area contributed by atoms with Crippen molar-refractivity contribution in [3.05, 3.63) is 65.1 Å². The minimum atomic E-state index is -3.82. The van der Waals surface area contributed by atoms with E-state index in [2.05, 4.69) is 0 Å². The van der Waals surface area contributed by atoms with Gasteiger partial charge in [0.15, 0.2) is 0 Å². The maximum Gasteiger partial charge on any atom is 0.285 e. The molecule has 1 atom stereocenters. The van der Waals surface area contributed by atoms with E-state index in [-0.39, 0.29) is 0 Å². The molecule has 0 aliphatic heterocycles. The summed E-state index contributed by atoms with van der Waals surface area (Å²) in [6, 6.07) is 11.3. The quantitative estimate of drug-likeness (QED) is 0.540. The first-order chi connectivity index (χ1) is 12.3. The first-order valence-electron chi connectivity index (χ1n) is 8.49. The van der Waals surface area contributed by atoms with Crippen LogP contribution in [-0.4, -0.2) is 27.2 Å². The highest BCUT2D eigenvalue weighted by atomic mass is 28.4. The number of hydrogen-bond acceptors (Lipinski definition) is 2. The van der Waals surface area contributed by atoms with Crippen LogP contribution in [-0.2, 0) is 10.0 Å². The first-order valence-corrected chi connectivity index (χ1v) is 11.0. The predicted octanol–water partition coefficient (Wildman–Crippen LogP) is 5.79. The minimum absolute atomic E-state index is 0.397. The molecule has 0 saturated carbocycles. The molecule has 2 rings (SSSR count). The van der Waals surface area contributed by atoms with Crippen molar-refractivity contribution >= 4 is 13.9 Å². The Morgan fingerprint density at radius 2 is 1.62 bits per heavy atom. The van der Waals surface area contributed by atoms with Crippen molar-refractivity contribution in [2.24, 2.45) is 0 Å². The van der Waals surface area contributed by atoms with Crippen molar-refractivity contribution in [2.45, 2.75) is 33.3 Å². The first kappa shape index (κ1) is 20.5. The Morgan fingerprint density at radius 1 is 1.04 bits per heavy atom. The van der Waals surface area contributed by atoms with Gasteiger partial charge in [-0.15, -0.1) is 0 Å². The zero-order valence-corrected chi connectivity index (χ0v) is 16.6. The lowest BCUT2D eigenvalue weighted by Gasteiger charge is -2.38. The Morgan fingerprint density at radius 3 is 2.08 bits per heavy atom. The average Bonchev–Trinajstić information content (AvgIpc) is 3.21. The topological polar surface area (TPSA) is 22.4 Å². The summed E-state index contributed by atoms with van der Waals surface area (Å²) in [6.07, 6.45) is -1.93. The van der Waals surface area contributed by atoms with Crippen molar-refractivity contribution in [1.82, 2.24) is 0 Å². The lowest BCUT2D eigenvalue weighted by molar-refractivity contribution is 0.0763. The normalized spacial score (nSPS) is 15.5. The van der Waals surface area contributed by atoms with Crippen LogP contribution < -0.4 is 0 Å². The van der Waals surface area contributed by atoms with Crippen LogP contribution in [0.5, 0.6) is 0 Å². The zero-order valence-electron chi connectivity index (χ0n) is 15.6. The standard InChI is InChI=1S/C20H25F3O2Si/c1-15-7-9-18(10-8-15)16(2)17(3)20(4,19-6-5-11-24-19)25-26(12-21,13-22)14-23/h5-11H,12-14H2,1-4H3. The Balaban J connectivity index is 2.57. The monoisotopic (exact) mass is 382 g/mol. The van der Waals surface area contributed by atoms with Crippen molar-refractivity contribution < 1.29 is 22.0 Å². The molecule has 0 radical (unpaired) electrons. The number of hydrogen-bond donors (Lipinski definition) is 0. The summed E-state index contributed by atoms with van der Waals surface area (Å²) in [5.41, 5.74) is 2.45. The molecule has 142 valence electrons. The van der Waals surface area contributed by atoms with Gasteiger partial charge in [-0.3, -0.25) is 13.2 Å². The lowest BCUT2D eigenvalue weighted by atomic mass is 9.88. The SMILES string of the molecule is CC(=C(C)C(C)(O[Si](CF)(CF)CF)c1ccco1)c1ccc(C)cc1. The van der Waals surface area contributed by atoms with Gasteiger partial charge in [0.2, 0.25) is 0 Å². The summed E-state index contributed by atoms with van der Waals surface area (Å²) in [5.74, 6) is 0.397. The molecule has 0 saturated heterocycles. The second-order valence-electron chi connectivity index (χ2n) is 6.81. The molecule has 1 aromatic heterocycles. The zero-order chi connectivity index (χ0) is 19.4. The number of allylic oxidation sites excluding steroid dienone is 1. The van der Waals surface area contributed by atoms with E-state index >= 15 is 0 Å². The third-order valence-electron chi connectivity index (χ3n) is 4.91. The van der Waals surface area contributed by atoms with Crippen LogP contribution in [0.4, 0.5) is 13.2 Å². The molecule has 2 aromatic rings. The van der Waals surface area contributed by atoms with E-state index in [9.17, 15) is 13.2 Å². The molecule has 26 heavy (non-hydrogen) atoms. The second-order valence-corrected chi connectivity index (χ2v) is 10.2. The van der Waals surface area contributed by atoms with Gasteiger partial charge in [0.1, 0.15) is 30.3 Å². The highest BCUT2D eigenvalue weighted by molar-refractivity contribution is 6.73. The number of furan rings is 1. The van der Waals surface area contributed by atoms with E-state index in [1.165, 1.54) is 6.26 Å². The molecular formula is C20H25F3O2Si. The maximum absolute atomic E-state index is 13.5. The molecule has 0 aliphatic carbocycles. The highest BCUT2D eigenvalue weighted by Gasteiger charge is 2.46. The molecule has 0 N–H and O–H groups in total. The average molecular weight is 382 g/mol. The molecule has 6 heteroatoms. The molecule has 1 unspecified atom stereocenters. The summed E-state index contributed by atoms with van der Waals surface area (Å²) < 4.78 is 52.0. The fourth-order valence-electron chi connectivity index (χ4n) is 2.86. The third-order valence-corrected chi connectivity index (χ3v) is 7.21. The van der Waals surface area contributed by atoms with E-state index in [0.29, 0.717) is 5.76 Å². The number of rotatable bonds is 8. The summed E-state index contributed by atoms with van der Waals surface area (Å²) >= 11 is 0. The van der Waals surface area contributed by atoms with Gasteiger partial charge < -0.3 is 8.84 Å². The van der Waals surface area contributed by atoms with Crippen LogP contribution in [0.25, 0.3) is 5.57 Å². The smallest absolute Gasteiger partial charge is 0.285 e. The Kier molecular flexibility index (Phi) is 6.52. The molecule has 0 spiro atoms. The number of benzene rings is 1. The number of alkyl halides is 3. The van der Waals surface area contributed by atoms with Crippen LogP contribution in [0.3, 0.4) is 0 Å². The largest absolute Gasteiger partial charge is 0.466 e. The van der Waals surface area contributed by atoms with Crippen molar-refractivity contribution in [3.63, 3.8) is 0 Å². The lowest BCUT2D eigenvalue weighted by Crippen LogP contribution is -2.53. The van der Waals surface area contributed by atoms with Gasteiger partial charge in [-0.2, -0.15) is 0 Å². The Hall–Kier alpha value is -1.79. The molecule has 0 fully saturated rings. The van der Waals surface area contributed by atoms with Crippen molar-refractivity contribution in [3.8, 4) is 0 Å². The van der Waals surface area contributed by atoms with Gasteiger partial charge in [-0.25, -0.2) is 0 Å². The Bertz CT molecular complexity index is 729. The van der Waals surface area contributed by atoms with E-state index in [1.54, 1.807) is 19.1 Å². The van der Waals surface area contributed by atoms with Crippen molar-refractivity contribution in [2.75, 3.05) is 18.9 Å². The molecule has 2 nitrogen and oxygen atoms in total. The molecule has 0 amide bonds. The van der Waals surface area contributed by atoms with Crippen LogP contribution in [0, 0.1) is 6.92 Å². The highest BCUT2D eigenvalue weighted by Crippen LogP contribution is 2.40. The van der Waals surface area contributed by atoms with E-state index in [0.717, 1.165) is 22.3 Å². The van der Waals surface area contributed by atoms with Gasteiger partial charge in [-0.1, -0.05) is 29.8 Å². The molecular weight excluding hydrogens is 357 g/mol. The van der Waals surface area contributed by atoms with Crippen LogP contribution in [0.1, 0.15) is 37.7 Å². The fraction of sp³-hybridized carbons (Fsp3) is 0.400. The van der Waals surface area contributed by atoms with Crippen LogP contribution >= 0.6 is 0 Å². The summed E-state index contributed by atoms with van der Waals surface area (Å²) in [7, 11) is -3.82. The third kappa shape index (κ3) is 3.96.